The largest absolute Gasteiger partial charge is 0.454 e. The molecule has 6 rings (SSSR count). The minimum atomic E-state index is -0.533. The van der Waals surface area contributed by atoms with Crippen molar-refractivity contribution in [3.63, 3.8) is 0 Å². The fourth-order valence-corrected chi connectivity index (χ4v) is 6.20. The molecule has 5 aliphatic rings. The fraction of sp³-hybridized carbons (Fsp3) is 0.636. The molecule has 150 valence electrons. The molecule has 1 aromatic carbocycles. The molecule has 0 saturated heterocycles. The maximum absolute atomic E-state index is 13.1. The Labute approximate surface area is 165 Å². The van der Waals surface area contributed by atoms with Gasteiger partial charge in [0.15, 0.2) is 11.5 Å². The molecule has 1 aliphatic heterocycles. The fourth-order valence-electron chi connectivity index (χ4n) is 6.20. The monoisotopic (exact) mass is 384 g/mol. The first-order valence-corrected chi connectivity index (χ1v) is 10.5. The minimum Gasteiger partial charge on any atom is -0.454 e. The van der Waals surface area contributed by atoms with Crippen molar-refractivity contribution in [2.24, 2.45) is 23.2 Å². The Morgan fingerprint density at radius 3 is 2.39 bits per heavy atom. The molecule has 4 bridgehead atoms. The van der Waals surface area contributed by atoms with Crippen LogP contribution in [0.2, 0.25) is 0 Å². The topological polar surface area (TPSA) is 76.7 Å². The van der Waals surface area contributed by atoms with Crippen molar-refractivity contribution in [2.75, 3.05) is 6.79 Å². The number of rotatable bonds is 5. The molecular weight excluding hydrogens is 356 g/mol. The molecule has 28 heavy (non-hydrogen) atoms. The maximum atomic E-state index is 13.1. The van der Waals surface area contributed by atoms with Crippen LogP contribution >= 0.6 is 0 Å². The second kappa shape index (κ2) is 6.68. The molecule has 4 fully saturated rings. The minimum absolute atomic E-state index is 0.0947. The molecule has 6 nitrogen and oxygen atoms in total. The molecule has 2 amide bonds. The van der Waals surface area contributed by atoms with Crippen LogP contribution in [0, 0.1) is 23.2 Å². The summed E-state index contributed by atoms with van der Waals surface area (Å²) in [5.74, 6) is 3.51. The first-order valence-electron chi connectivity index (χ1n) is 10.5. The van der Waals surface area contributed by atoms with E-state index in [1.54, 1.807) is 6.92 Å². The van der Waals surface area contributed by atoms with Crippen LogP contribution < -0.4 is 20.1 Å². The van der Waals surface area contributed by atoms with E-state index in [0.29, 0.717) is 30.0 Å². The molecule has 0 spiro atoms. The molecule has 1 heterocycles. The zero-order valence-corrected chi connectivity index (χ0v) is 16.3. The number of hydrogen-bond donors (Lipinski definition) is 2. The zero-order valence-electron chi connectivity index (χ0n) is 16.3. The van der Waals surface area contributed by atoms with Gasteiger partial charge >= 0.3 is 0 Å². The van der Waals surface area contributed by atoms with Crippen molar-refractivity contribution in [1.29, 1.82) is 0 Å². The van der Waals surface area contributed by atoms with E-state index in [4.69, 9.17) is 9.47 Å². The summed E-state index contributed by atoms with van der Waals surface area (Å²) in [5.41, 5.74) is 0.720. The average Bonchev–Trinajstić information content (AvgIpc) is 3.12. The molecule has 2 N–H and O–H groups in total. The van der Waals surface area contributed by atoms with E-state index in [2.05, 4.69) is 10.6 Å². The average molecular weight is 384 g/mol. The third-order valence-corrected chi connectivity index (χ3v) is 7.16. The summed E-state index contributed by atoms with van der Waals surface area (Å²) in [5, 5.41) is 5.94. The molecule has 1 atom stereocenters. The van der Waals surface area contributed by atoms with Crippen molar-refractivity contribution < 1.29 is 19.1 Å². The van der Waals surface area contributed by atoms with Crippen LogP contribution in [0.4, 0.5) is 0 Å². The van der Waals surface area contributed by atoms with E-state index in [-0.39, 0.29) is 24.0 Å². The first-order chi connectivity index (χ1) is 13.5. The number of nitrogens with one attached hydrogen (secondary N) is 2. The lowest BCUT2D eigenvalue weighted by Crippen LogP contribution is -2.56. The Balaban J connectivity index is 1.17. The van der Waals surface area contributed by atoms with Crippen molar-refractivity contribution >= 4 is 11.8 Å². The van der Waals surface area contributed by atoms with Crippen LogP contribution in [-0.4, -0.2) is 24.6 Å². The van der Waals surface area contributed by atoms with Gasteiger partial charge in [-0.15, -0.1) is 0 Å². The van der Waals surface area contributed by atoms with E-state index in [9.17, 15) is 9.59 Å². The van der Waals surface area contributed by atoms with Crippen molar-refractivity contribution in [2.45, 2.75) is 58.0 Å². The van der Waals surface area contributed by atoms with Crippen LogP contribution in [0.3, 0.4) is 0 Å². The lowest BCUT2D eigenvalue weighted by molar-refractivity contribution is -0.148. The van der Waals surface area contributed by atoms with Crippen LogP contribution in [-0.2, 0) is 16.1 Å². The maximum Gasteiger partial charge on any atom is 0.242 e. The van der Waals surface area contributed by atoms with Gasteiger partial charge in [0.05, 0.1) is 0 Å². The van der Waals surface area contributed by atoms with Gasteiger partial charge in [0.25, 0.3) is 0 Å². The normalized spacial score (nSPS) is 32.8. The second-order valence-corrected chi connectivity index (χ2v) is 9.30. The number of fused-ring (bicyclic) bond motifs is 1. The summed E-state index contributed by atoms with van der Waals surface area (Å²) < 4.78 is 10.7. The first kappa shape index (κ1) is 17.8. The summed E-state index contributed by atoms with van der Waals surface area (Å²) in [6.45, 7) is 2.40. The van der Waals surface area contributed by atoms with Crippen LogP contribution in [0.1, 0.15) is 51.0 Å². The highest BCUT2D eigenvalue weighted by Crippen LogP contribution is 2.60. The Kier molecular flexibility index (Phi) is 4.25. The lowest BCUT2D eigenvalue weighted by Gasteiger charge is -2.55. The van der Waals surface area contributed by atoms with Gasteiger partial charge in [0.1, 0.15) is 6.04 Å². The van der Waals surface area contributed by atoms with E-state index < -0.39 is 6.04 Å². The smallest absolute Gasteiger partial charge is 0.242 e. The highest BCUT2D eigenvalue weighted by atomic mass is 16.7. The highest BCUT2D eigenvalue weighted by molar-refractivity contribution is 5.90. The summed E-state index contributed by atoms with van der Waals surface area (Å²) in [4.78, 5) is 25.6. The van der Waals surface area contributed by atoms with Crippen molar-refractivity contribution in [3.8, 4) is 11.5 Å². The third-order valence-electron chi connectivity index (χ3n) is 7.16. The van der Waals surface area contributed by atoms with Crippen LogP contribution in [0.25, 0.3) is 0 Å². The molecule has 1 aromatic rings. The molecule has 0 unspecified atom stereocenters. The second-order valence-electron chi connectivity index (χ2n) is 9.30. The SMILES string of the molecule is C[C@@H](NC(=O)C12CC3CC(CC(C3)C1)C2)C(=O)NCc1ccc2c(c1)OCO2. The Hall–Kier alpha value is -2.24. The van der Waals surface area contributed by atoms with Gasteiger partial charge in [-0.2, -0.15) is 0 Å². The Morgan fingerprint density at radius 1 is 1.07 bits per heavy atom. The summed E-state index contributed by atoms with van der Waals surface area (Å²) >= 11 is 0. The molecule has 0 radical (unpaired) electrons. The van der Waals surface area contributed by atoms with E-state index >= 15 is 0 Å². The van der Waals surface area contributed by atoms with Gasteiger partial charge in [-0.3, -0.25) is 9.59 Å². The van der Waals surface area contributed by atoms with Gasteiger partial charge in [-0.25, -0.2) is 0 Å². The van der Waals surface area contributed by atoms with Crippen molar-refractivity contribution in [3.05, 3.63) is 23.8 Å². The molecular formula is C22H28N2O4. The quantitative estimate of drug-likeness (QED) is 0.818. The summed E-state index contributed by atoms with van der Waals surface area (Å²) in [6.07, 6.45) is 6.94. The predicted octanol–water partition coefficient (Wildman–Crippen LogP) is 2.75. The number of carbonyl (C=O) groups is 2. The molecule has 0 aromatic heterocycles. The van der Waals surface area contributed by atoms with Crippen molar-refractivity contribution in [1.82, 2.24) is 10.6 Å². The standard InChI is InChI=1S/C22H28N2O4/c1-13(20(25)23-11-14-2-3-18-19(7-14)28-12-27-18)24-21(26)22-8-15-4-16(9-22)6-17(5-15)10-22/h2-3,7,13,15-17H,4-6,8-12H2,1H3,(H,23,25)(H,24,26)/t13-,15?,16?,17?,22?/m1/s1. The number of amides is 2. The van der Waals surface area contributed by atoms with Gasteiger partial charge in [0, 0.05) is 12.0 Å². The van der Waals surface area contributed by atoms with Gasteiger partial charge in [-0.05, 0) is 80.9 Å². The Bertz CT molecular complexity index is 770. The third kappa shape index (κ3) is 3.12. The molecule has 4 saturated carbocycles. The van der Waals surface area contributed by atoms with Crippen LogP contribution in [0.5, 0.6) is 11.5 Å². The number of ether oxygens (including phenoxy) is 2. The Morgan fingerprint density at radius 2 is 1.71 bits per heavy atom. The molecule has 6 heteroatoms. The number of hydrogen-bond acceptors (Lipinski definition) is 4. The van der Waals surface area contributed by atoms with Gasteiger partial charge in [0.2, 0.25) is 18.6 Å². The van der Waals surface area contributed by atoms with Crippen LogP contribution in [0.15, 0.2) is 18.2 Å². The predicted molar refractivity (Wildman–Crippen MR) is 103 cm³/mol. The highest BCUT2D eigenvalue weighted by Gasteiger charge is 2.54. The van der Waals surface area contributed by atoms with E-state index in [1.165, 1.54) is 19.3 Å². The molecule has 4 aliphatic carbocycles. The van der Waals surface area contributed by atoms with Gasteiger partial charge in [-0.1, -0.05) is 6.07 Å². The van der Waals surface area contributed by atoms with E-state index in [0.717, 1.165) is 30.6 Å². The number of benzene rings is 1. The summed E-state index contributed by atoms with van der Waals surface area (Å²) in [6, 6.07) is 5.10. The lowest BCUT2D eigenvalue weighted by atomic mass is 9.49. The zero-order chi connectivity index (χ0) is 19.3. The summed E-state index contributed by atoms with van der Waals surface area (Å²) in [7, 11) is 0. The van der Waals surface area contributed by atoms with Gasteiger partial charge < -0.3 is 20.1 Å². The van der Waals surface area contributed by atoms with E-state index in [1.807, 2.05) is 18.2 Å². The number of carbonyl (C=O) groups excluding carboxylic acids is 2.